The standard InChI is InChI=1S/C10H18O/c1-8-3-5-10(6-4-8)9(2)7-11/h3,9-11H,4-7H2,1-2H3. The maximum atomic E-state index is 8.93. The quantitative estimate of drug-likeness (QED) is 0.605. The molecule has 11 heavy (non-hydrogen) atoms. The third-order valence-electron chi connectivity index (χ3n) is 2.77. The van der Waals surface area contributed by atoms with E-state index in [0.717, 1.165) is 5.92 Å². The Morgan fingerprint density at radius 3 is 2.91 bits per heavy atom. The van der Waals surface area contributed by atoms with Crippen molar-refractivity contribution in [2.45, 2.75) is 33.1 Å². The van der Waals surface area contributed by atoms with E-state index in [2.05, 4.69) is 19.9 Å². The molecule has 0 aromatic heterocycles. The van der Waals surface area contributed by atoms with Crippen molar-refractivity contribution in [3.63, 3.8) is 0 Å². The van der Waals surface area contributed by atoms with Crippen molar-refractivity contribution in [2.75, 3.05) is 6.61 Å². The summed E-state index contributed by atoms with van der Waals surface area (Å²) in [5.74, 6) is 1.21. The third kappa shape index (κ3) is 2.33. The van der Waals surface area contributed by atoms with E-state index < -0.39 is 0 Å². The molecule has 64 valence electrons. The molecular weight excluding hydrogens is 136 g/mol. The van der Waals surface area contributed by atoms with Crippen molar-refractivity contribution in [1.82, 2.24) is 0 Å². The Labute approximate surface area is 69.1 Å². The molecule has 0 saturated carbocycles. The summed E-state index contributed by atoms with van der Waals surface area (Å²) in [4.78, 5) is 0. The number of rotatable bonds is 2. The second-order valence-corrected chi connectivity index (χ2v) is 3.74. The molecule has 0 radical (unpaired) electrons. The Bertz CT molecular complexity index is 149. The number of aliphatic hydroxyl groups excluding tert-OH is 1. The lowest BCUT2D eigenvalue weighted by Gasteiger charge is -2.24. The molecule has 1 heteroatoms. The molecule has 0 bridgehead atoms. The lowest BCUT2D eigenvalue weighted by molar-refractivity contribution is 0.180. The molecule has 1 nitrogen and oxygen atoms in total. The van der Waals surface area contributed by atoms with Crippen molar-refractivity contribution >= 4 is 0 Å². The van der Waals surface area contributed by atoms with Crippen molar-refractivity contribution in [2.24, 2.45) is 11.8 Å². The van der Waals surface area contributed by atoms with Gasteiger partial charge in [-0.25, -0.2) is 0 Å². The fourth-order valence-electron chi connectivity index (χ4n) is 1.65. The van der Waals surface area contributed by atoms with Gasteiger partial charge in [-0.15, -0.1) is 0 Å². The Morgan fingerprint density at radius 2 is 2.45 bits per heavy atom. The van der Waals surface area contributed by atoms with Crippen LogP contribution in [-0.4, -0.2) is 11.7 Å². The first-order valence-electron chi connectivity index (χ1n) is 4.50. The molecule has 2 unspecified atom stereocenters. The van der Waals surface area contributed by atoms with Gasteiger partial charge in [-0.2, -0.15) is 0 Å². The zero-order valence-corrected chi connectivity index (χ0v) is 7.51. The van der Waals surface area contributed by atoms with Crippen molar-refractivity contribution in [1.29, 1.82) is 0 Å². The van der Waals surface area contributed by atoms with E-state index in [1.54, 1.807) is 0 Å². The molecule has 2 atom stereocenters. The summed E-state index contributed by atoms with van der Waals surface area (Å²) in [6, 6.07) is 0. The lowest BCUT2D eigenvalue weighted by atomic mass is 9.82. The molecule has 0 aliphatic heterocycles. The molecule has 1 aliphatic carbocycles. The summed E-state index contributed by atoms with van der Waals surface area (Å²) in [5.41, 5.74) is 1.52. The van der Waals surface area contributed by atoms with Gasteiger partial charge in [0, 0.05) is 6.61 Å². The first-order chi connectivity index (χ1) is 5.24. The molecule has 0 spiro atoms. The van der Waals surface area contributed by atoms with Crippen LogP contribution in [0.5, 0.6) is 0 Å². The van der Waals surface area contributed by atoms with Gasteiger partial charge in [-0.3, -0.25) is 0 Å². The van der Waals surface area contributed by atoms with E-state index in [9.17, 15) is 0 Å². The molecular formula is C10H18O. The monoisotopic (exact) mass is 154 g/mol. The predicted octanol–water partition coefficient (Wildman–Crippen LogP) is 2.36. The second-order valence-electron chi connectivity index (χ2n) is 3.74. The molecule has 1 aliphatic rings. The van der Waals surface area contributed by atoms with Crippen LogP contribution in [0.2, 0.25) is 0 Å². The van der Waals surface area contributed by atoms with E-state index in [0.29, 0.717) is 12.5 Å². The molecule has 1 N–H and O–H groups in total. The van der Waals surface area contributed by atoms with E-state index in [4.69, 9.17) is 5.11 Å². The molecule has 1 rings (SSSR count). The molecule has 0 aromatic rings. The van der Waals surface area contributed by atoms with Gasteiger partial charge >= 0.3 is 0 Å². The Balaban J connectivity index is 2.40. The van der Waals surface area contributed by atoms with E-state index in [1.807, 2.05) is 0 Å². The summed E-state index contributed by atoms with van der Waals surface area (Å²) < 4.78 is 0. The van der Waals surface area contributed by atoms with Crippen molar-refractivity contribution in [3.8, 4) is 0 Å². The topological polar surface area (TPSA) is 20.2 Å². The molecule has 0 aromatic carbocycles. The normalized spacial score (nSPS) is 27.9. The largest absolute Gasteiger partial charge is 0.396 e. The predicted molar refractivity (Wildman–Crippen MR) is 47.3 cm³/mol. The Kier molecular flexibility index (Phi) is 3.13. The average molecular weight is 154 g/mol. The van der Waals surface area contributed by atoms with Gasteiger partial charge in [0.15, 0.2) is 0 Å². The van der Waals surface area contributed by atoms with Crippen LogP contribution in [0.1, 0.15) is 33.1 Å². The maximum absolute atomic E-state index is 8.93. The minimum absolute atomic E-state index is 0.345. The fourth-order valence-corrected chi connectivity index (χ4v) is 1.65. The summed E-state index contributed by atoms with van der Waals surface area (Å²) in [5, 5.41) is 8.93. The highest BCUT2D eigenvalue weighted by molar-refractivity contribution is 5.03. The summed E-state index contributed by atoms with van der Waals surface area (Å²) in [6.07, 6.45) is 5.99. The summed E-state index contributed by atoms with van der Waals surface area (Å²) in [7, 11) is 0. The van der Waals surface area contributed by atoms with Crippen LogP contribution in [0.15, 0.2) is 11.6 Å². The molecule has 0 fully saturated rings. The highest BCUT2D eigenvalue weighted by atomic mass is 16.3. The van der Waals surface area contributed by atoms with Gasteiger partial charge in [0.1, 0.15) is 0 Å². The average Bonchev–Trinajstić information content (AvgIpc) is 2.05. The minimum atomic E-state index is 0.345. The third-order valence-corrected chi connectivity index (χ3v) is 2.77. The zero-order chi connectivity index (χ0) is 8.27. The second kappa shape index (κ2) is 3.91. The van der Waals surface area contributed by atoms with E-state index in [-0.39, 0.29) is 0 Å². The Hall–Kier alpha value is -0.300. The summed E-state index contributed by atoms with van der Waals surface area (Å²) in [6.45, 7) is 4.68. The fraction of sp³-hybridized carbons (Fsp3) is 0.800. The number of aliphatic hydroxyl groups is 1. The molecule has 0 heterocycles. The highest BCUT2D eigenvalue weighted by Crippen LogP contribution is 2.28. The van der Waals surface area contributed by atoms with Gasteiger partial charge in [0.2, 0.25) is 0 Å². The van der Waals surface area contributed by atoms with Crippen molar-refractivity contribution < 1.29 is 5.11 Å². The van der Waals surface area contributed by atoms with Gasteiger partial charge in [0.05, 0.1) is 0 Å². The minimum Gasteiger partial charge on any atom is -0.396 e. The molecule has 0 amide bonds. The van der Waals surface area contributed by atoms with Crippen LogP contribution < -0.4 is 0 Å². The highest BCUT2D eigenvalue weighted by Gasteiger charge is 2.17. The van der Waals surface area contributed by atoms with Crippen LogP contribution >= 0.6 is 0 Å². The van der Waals surface area contributed by atoms with E-state index >= 15 is 0 Å². The first-order valence-corrected chi connectivity index (χ1v) is 4.50. The van der Waals surface area contributed by atoms with Crippen LogP contribution in [0.4, 0.5) is 0 Å². The van der Waals surface area contributed by atoms with Crippen LogP contribution in [-0.2, 0) is 0 Å². The SMILES string of the molecule is CC1=CCC(C(C)CO)CC1. The Morgan fingerprint density at radius 1 is 1.73 bits per heavy atom. The van der Waals surface area contributed by atoms with Crippen molar-refractivity contribution in [3.05, 3.63) is 11.6 Å². The summed E-state index contributed by atoms with van der Waals surface area (Å²) >= 11 is 0. The maximum Gasteiger partial charge on any atom is 0.0459 e. The zero-order valence-electron chi connectivity index (χ0n) is 7.51. The first kappa shape index (κ1) is 8.79. The van der Waals surface area contributed by atoms with Crippen LogP contribution in [0.3, 0.4) is 0 Å². The van der Waals surface area contributed by atoms with Gasteiger partial charge in [0.25, 0.3) is 0 Å². The lowest BCUT2D eigenvalue weighted by Crippen LogP contribution is -2.17. The number of hydrogen-bond acceptors (Lipinski definition) is 1. The smallest absolute Gasteiger partial charge is 0.0459 e. The van der Waals surface area contributed by atoms with Crippen LogP contribution in [0, 0.1) is 11.8 Å². The molecule has 0 saturated heterocycles. The van der Waals surface area contributed by atoms with Gasteiger partial charge in [-0.05, 0) is 38.0 Å². The van der Waals surface area contributed by atoms with Gasteiger partial charge in [-0.1, -0.05) is 18.6 Å². The van der Waals surface area contributed by atoms with Gasteiger partial charge < -0.3 is 5.11 Å². The number of hydrogen-bond donors (Lipinski definition) is 1. The van der Waals surface area contributed by atoms with Crippen LogP contribution in [0.25, 0.3) is 0 Å². The van der Waals surface area contributed by atoms with E-state index in [1.165, 1.54) is 24.8 Å². The number of allylic oxidation sites excluding steroid dienone is 2.